The minimum absolute atomic E-state index is 0.115. The molecule has 0 radical (unpaired) electrons. The highest BCUT2D eigenvalue weighted by Crippen LogP contribution is 2.32. The van der Waals surface area contributed by atoms with Crippen LogP contribution >= 0.6 is 0 Å². The summed E-state index contributed by atoms with van der Waals surface area (Å²) in [6.07, 6.45) is 4.94. The molecule has 1 heterocycles. The second-order valence-corrected chi connectivity index (χ2v) is 5.05. The van der Waals surface area contributed by atoms with Gasteiger partial charge in [0.2, 0.25) is 5.91 Å². The van der Waals surface area contributed by atoms with E-state index < -0.39 is 0 Å². The smallest absolute Gasteiger partial charge is 0.226 e. The zero-order chi connectivity index (χ0) is 13.0. The van der Waals surface area contributed by atoms with Gasteiger partial charge < -0.3 is 10.6 Å². The Bertz CT molecular complexity index is 393. The summed E-state index contributed by atoms with van der Waals surface area (Å²) in [6.45, 7) is 1.20. The predicted molar refractivity (Wildman–Crippen MR) is 70.6 cm³/mol. The molecule has 1 fully saturated rings. The van der Waals surface area contributed by atoms with E-state index in [0.717, 1.165) is 25.0 Å². The first-order valence-corrected chi connectivity index (χ1v) is 6.57. The summed E-state index contributed by atoms with van der Waals surface area (Å²) in [5.74, 6) is 0.695. The first kappa shape index (κ1) is 13.0. The van der Waals surface area contributed by atoms with Crippen LogP contribution in [-0.2, 0) is 11.3 Å². The predicted octanol–water partition coefficient (Wildman–Crippen LogP) is 1.41. The van der Waals surface area contributed by atoms with Crippen LogP contribution in [0.15, 0.2) is 24.4 Å². The Morgan fingerprint density at radius 1 is 1.50 bits per heavy atom. The number of nitrogens with zero attached hydrogens (tertiary/aromatic N) is 2. The van der Waals surface area contributed by atoms with E-state index in [0.29, 0.717) is 19.0 Å². The average Bonchev–Trinajstić information content (AvgIpc) is 2.87. The van der Waals surface area contributed by atoms with Gasteiger partial charge in [-0.25, -0.2) is 0 Å². The zero-order valence-corrected chi connectivity index (χ0v) is 10.9. The van der Waals surface area contributed by atoms with Crippen molar-refractivity contribution >= 4 is 5.91 Å². The van der Waals surface area contributed by atoms with Crippen LogP contribution in [-0.4, -0.2) is 29.4 Å². The van der Waals surface area contributed by atoms with E-state index in [4.69, 9.17) is 5.73 Å². The molecule has 2 N–H and O–H groups in total. The quantitative estimate of drug-likeness (QED) is 0.875. The van der Waals surface area contributed by atoms with Crippen LogP contribution in [0.2, 0.25) is 0 Å². The molecule has 4 nitrogen and oxygen atoms in total. The molecule has 0 spiro atoms. The highest BCUT2D eigenvalue weighted by Gasteiger charge is 2.33. The summed E-state index contributed by atoms with van der Waals surface area (Å²) in [7, 11) is 1.85. The van der Waals surface area contributed by atoms with Gasteiger partial charge in [0, 0.05) is 19.2 Å². The molecule has 1 amide bonds. The highest BCUT2D eigenvalue weighted by molar-refractivity contribution is 5.79. The molecule has 1 aliphatic rings. The molecule has 2 atom stereocenters. The third-order valence-electron chi connectivity index (χ3n) is 3.78. The lowest BCUT2D eigenvalue weighted by molar-refractivity contribution is -0.135. The lowest BCUT2D eigenvalue weighted by Crippen LogP contribution is -2.36. The summed E-state index contributed by atoms with van der Waals surface area (Å²) in [4.78, 5) is 18.4. The summed E-state index contributed by atoms with van der Waals surface area (Å²) in [5, 5.41) is 0. The number of amides is 1. The molecule has 0 unspecified atom stereocenters. The van der Waals surface area contributed by atoms with E-state index in [2.05, 4.69) is 4.98 Å². The highest BCUT2D eigenvalue weighted by atomic mass is 16.2. The largest absolute Gasteiger partial charge is 0.340 e. The molecule has 1 aromatic heterocycles. The second kappa shape index (κ2) is 5.96. The van der Waals surface area contributed by atoms with Crippen LogP contribution in [0.1, 0.15) is 25.0 Å². The molecule has 0 aliphatic heterocycles. The number of rotatable bonds is 4. The van der Waals surface area contributed by atoms with E-state index in [1.807, 2.05) is 25.2 Å². The van der Waals surface area contributed by atoms with E-state index in [9.17, 15) is 4.79 Å². The van der Waals surface area contributed by atoms with Crippen molar-refractivity contribution in [1.29, 1.82) is 0 Å². The van der Waals surface area contributed by atoms with Crippen LogP contribution in [0.5, 0.6) is 0 Å². The van der Waals surface area contributed by atoms with Crippen LogP contribution in [0, 0.1) is 11.8 Å². The Morgan fingerprint density at radius 2 is 2.33 bits per heavy atom. The van der Waals surface area contributed by atoms with Gasteiger partial charge in [0.05, 0.1) is 12.2 Å². The maximum absolute atomic E-state index is 12.4. The molecule has 0 aromatic carbocycles. The summed E-state index contributed by atoms with van der Waals surface area (Å²) in [5.41, 5.74) is 6.66. The fourth-order valence-corrected chi connectivity index (χ4v) is 2.74. The van der Waals surface area contributed by atoms with E-state index in [1.54, 1.807) is 11.1 Å². The number of carbonyl (C=O) groups is 1. The third kappa shape index (κ3) is 2.88. The van der Waals surface area contributed by atoms with Crippen molar-refractivity contribution < 1.29 is 4.79 Å². The van der Waals surface area contributed by atoms with Crippen molar-refractivity contribution in [2.75, 3.05) is 13.6 Å². The van der Waals surface area contributed by atoms with Crippen molar-refractivity contribution in [3.8, 4) is 0 Å². The Hall–Kier alpha value is -1.42. The molecular formula is C14H21N3O. The minimum Gasteiger partial charge on any atom is -0.340 e. The topological polar surface area (TPSA) is 59.2 Å². The third-order valence-corrected chi connectivity index (χ3v) is 3.78. The monoisotopic (exact) mass is 247 g/mol. The van der Waals surface area contributed by atoms with Gasteiger partial charge in [0.15, 0.2) is 0 Å². The molecule has 1 aliphatic carbocycles. The molecule has 0 bridgehead atoms. The van der Waals surface area contributed by atoms with Crippen molar-refractivity contribution in [2.45, 2.75) is 25.8 Å². The van der Waals surface area contributed by atoms with Crippen LogP contribution < -0.4 is 5.73 Å². The summed E-state index contributed by atoms with van der Waals surface area (Å²) in [6, 6.07) is 5.77. The van der Waals surface area contributed by atoms with Crippen molar-refractivity contribution in [2.24, 2.45) is 17.6 Å². The van der Waals surface area contributed by atoms with Gasteiger partial charge in [-0.15, -0.1) is 0 Å². The van der Waals surface area contributed by atoms with Crippen molar-refractivity contribution in [3.05, 3.63) is 30.1 Å². The van der Waals surface area contributed by atoms with Gasteiger partial charge in [-0.3, -0.25) is 9.78 Å². The second-order valence-electron chi connectivity index (χ2n) is 5.05. The summed E-state index contributed by atoms with van der Waals surface area (Å²) < 4.78 is 0. The molecule has 1 aromatic rings. The molecule has 4 heteroatoms. The number of carbonyl (C=O) groups excluding carboxylic acids is 1. The SMILES string of the molecule is CN(Cc1ccccn1)C(=O)[C@@H]1CCC[C@@H]1CN. The minimum atomic E-state index is 0.115. The Balaban J connectivity index is 1.96. The van der Waals surface area contributed by atoms with Crippen LogP contribution in [0.3, 0.4) is 0 Å². The molecule has 0 saturated heterocycles. The Labute approximate surface area is 108 Å². The fourth-order valence-electron chi connectivity index (χ4n) is 2.74. The Morgan fingerprint density at radius 3 is 3.00 bits per heavy atom. The summed E-state index contributed by atoms with van der Waals surface area (Å²) >= 11 is 0. The number of nitrogens with two attached hydrogens (primary N) is 1. The molecule has 18 heavy (non-hydrogen) atoms. The first-order valence-electron chi connectivity index (χ1n) is 6.57. The van der Waals surface area contributed by atoms with Gasteiger partial charge in [0.1, 0.15) is 0 Å². The first-order chi connectivity index (χ1) is 8.72. The average molecular weight is 247 g/mol. The molecule has 1 saturated carbocycles. The van der Waals surface area contributed by atoms with Crippen LogP contribution in [0.4, 0.5) is 0 Å². The zero-order valence-electron chi connectivity index (χ0n) is 10.9. The maximum atomic E-state index is 12.4. The van der Waals surface area contributed by atoms with E-state index in [-0.39, 0.29) is 11.8 Å². The van der Waals surface area contributed by atoms with E-state index >= 15 is 0 Å². The Kier molecular flexibility index (Phi) is 4.31. The number of hydrogen-bond donors (Lipinski definition) is 1. The molecule has 98 valence electrons. The van der Waals surface area contributed by atoms with Crippen molar-refractivity contribution in [1.82, 2.24) is 9.88 Å². The van der Waals surface area contributed by atoms with Gasteiger partial charge >= 0.3 is 0 Å². The number of aromatic nitrogens is 1. The van der Waals surface area contributed by atoms with Crippen molar-refractivity contribution in [3.63, 3.8) is 0 Å². The lowest BCUT2D eigenvalue weighted by Gasteiger charge is -2.24. The van der Waals surface area contributed by atoms with Crippen LogP contribution in [0.25, 0.3) is 0 Å². The fraction of sp³-hybridized carbons (Fsp3) is 0.571. The standard InChI is InChI=1S/C14H21N3O/c1-17(10-12-6-2-3-8-16-12)14(18)13-7-4-5-11(13)9-15/h2-3,6,8,11,13H,4-5,7,9-10,15H2,1H3/t11-,13-/m1/s1. The van der Waals surface area contributed by atoms with Gasteiger partial charge in [0.25, 0.3) is 0 Å². The number of hydrogen-bond acceptors (Lipinski definition) is 3. The molecule has 2 rings (SSSR count). The lowest BCUT2D eigenvalue weighted by atomic mass is 9.95. The van der Waals surface area contributed by atoms with Gasteiger partial charge in [-0.1, -0.05) is 12.5 Å². The van der Waals surface area contributed by atoms with Gasteiger partial charge in [-0.2, -0.15) is 0 Å². The number of pyridine rings is 1. The normalized spacial score (nSPS) is 23.0. The maximum Gasteiger partial charge on any atom is 0.226 e. The molecular weight excluding hydrogens is 226 g/mol. The van der Waals surface area contributed by atoms with Gasteiger partial charge in [-0.05, 0) is 37.4 Å². The van der Waals surface area contributed by atoms with E-state index in [1.165, 1.54) is 0 Å².